The second kappa shape index (κ2) is 4.77. The molecule has 0 aliphatic carbocycles. The summed E-state index contributed by atoms with van der Waals surface area (Å²) in [6.07, 6.45) is 0. The van der Waals surface area contributed by atoms with E-state index in [2.05, 4.69) is 52.1 Å². The molecule has 16 heavy (non-hydrogen) atoms. The lowest BCUT2D eigenvalue weighted by atomic mass is 9.80. The molecule has 1 unspecified atom stereocenters. The fourth-order valence-electron chi connectivity index (χ4n) is 2.17. The molecule has 0 spiro atoms. The molecule has 1 N–H and O–H groups in total. The van der Waals surface area contributed by atoms with Crippen LogP contribution in [0, 0.1) is 19.3 Å². The zero-order chi connectivity index (χ0) is 12.5. The van der Waals surface area contributed by atoms with Crippen molar-refractivity contribution in [2.75, 3.05) is 7.05 Å². The molecule has 2 heteroatoms. The van der Waals surface area contributed by atoms with Crippen molar-refractivity contribution in [3.05, 3.63) is 33.8 Å². The maximum atomic E-state index is 6.13. The molecule has 0 saturated heterocycles. The van der Waals surface area contributed by atoms with Crippen LogP contribution < -0.4 is 5.32 Å². The summed E-state index contributed by atoms with van der Waals surface area (Å²) in [6.45, 7) is 10.9. The van der Waals surface area contributed by atoms with Crippen molar-refractivity contribution in [3.63, 3.8) is 0 Å². The van der Waals surface area contributed by atoms with Gasteiger partial charge in [-0.25, -0.2) is 0 Å². The Morgan fingerprint density at radius 1 is 1.12 bits per heavy atom. The van der Waals surface area contributed by atoms with Gasteiger partial charge in [-0.1, -0.05) is 38.4 Å². The summed E-state index contributed by atoms with van der Waals surface area (Å²) in [7, 11) is 2.01. The van der Waals surface area contributed by atoms with Gasteiger partial charge in [0.1, 0.15) is 0 Å². The van der Waals surface area contributed by atoms with Crippen molar-refractivity contribution >= 4 is 11.6 Å². The van der Waals surface area contributed by atoms with Crippen molar-refractivity contribution in [1.82, 2.24) is 5.32 Å². The Hall–Kier alpha value is -0.530. The van der Waals surface area contributed by atoms with Crippen molar-refractivity contribution < 1.29 is 0 Å². The Kier molecular flexibility index (Phi) is 4.03. The highest BCUT2D eigenvalue weighted by Gasteiger charge is 2.26. The molecule has 90 valence electrons. The molecule has 1 atom stereocenters. The smallest absolute Gasteiger partial charge is 0.0438 e. The van der Waals surface area contributed by atoms with Crippen molar-refractivity contribution in [1.29, 1.82) is 0 Å². The van der Waals surface area contributed by atoms with Gasteiger partial charge in [-0.15, -0.1) is 0 Å². The highest BCUT2D eigenvalue weighted by Crippen LogP contribution is 2.35. The minimum absolute atomic E-state index is 0.194. The summed E-state index contributed by atoms with van der Waals surface area (Å²) in [4.78, 5) is 0. The predicted molar refractivity (Wildman–Crippen MR) is 72.2 cm³/mol. The van der Waals surface area contributed by atoms with Crippen LogP contribution in [0.5, 0.6) is 0 Å². The molecule has 0 aromatic heterocycles. The van der Waals surface area contributed by atoms with E-state index in [0.29, 0.717) is 6.04 Å². The molecular weight excluding hydrogens is 218 g/mol. The van der Waals surface area contributed by atoms with E-state index in [-0.39, 0.29) is 5.41 Å². The van der Waals surface area contributed by atoms with E-state index < -0.39 is 0 Å². The number of hydrogen-bond donors (Lipinski definition) is 1. The maximum Gasteiger partial charge on any atom is 0.0438 e. The van der Waals surface area contributed by atoms with Gasteiger partial charge >= 0.3 is 0 Å². The number of benzene rings is 1. The third kappa shape index (κ3) is 2.78. The normalized spacial score (nSPS) is 13.9. The molecule has 0 radical (unpaired) electrons. The van der Waals surface area contributed by atoms with Gasteiger partial charge in [-0.05, 0) is 49.1 Å². The first-order valence-corrected chi connectivity index (χ1v) is 6.09. The SMILES string of the molecule is CNC(c1cc(C)c(Cl)cc1C)C(C)(C)C. The van der Waals surface area contributed by atoms with Crippen molar-refractivity contribution in [3.8, 4) is 0 Å². The molecule has 1 aromatic carbocycles. The van der Waals surface area contributed by atoms with E-state index in [9.17, 15) is 0 Å². The Balaban J connectivity index is 3.26. The molecule has 1 rings (SSSR count). The van der Waals surface area contributed by atoms with Crippen LogP contribution >= 0.6 is 11.6 Å². The Morgan fingerprint density at radius 3 is 2.12 bits per heavy atom. The third-order valence-electron chi connectivity index (χ3n) is 3.01. The first-order valence-electron chi connectivity index (χ1n) is 5.71. The summed E-state index contributed by atoms with van der Waals surface area (Å²) in [5.74, 6) is 0. The van der Waals surface area contributed by atoms with Gasteiger partial charge in [-0.3, -0.25) is 0 Å². The standard InChI is InChI=1S/C14H22ClN/c1-9-8-12(15)10(2)7-11(9)13(16-6)14(3,4)5/h7-8,13,16H,1-6H3. The van der Waals surface area contributed by atoms with Crippen LogP contribution in [0.3, 0.4) is 0 Å². The summed E-state index contributed by atoms with van der Waals surface area (Å²) in [6, 6.07) is 4.61. The van der Waals surface area contributed by atoms with E-state index in [1.54, 1.807) is 0 Å². The van der Waals surface area contributed by atoms with Crippen molar-refractivity contribution in [2.45, 2.75) is 40.7 Å². The second-order valence-corrected chi connectivity index (χ2v) is 5.95. The number of hydrogen-bond acceptors (Lipinski definition) is 1. The average molecular weight is 240 g/mol. The van der Waals surface area contributed by atoms with E-state index in [4.69, 9.17) is 11.6 Å². The molecule has 0 bridgehead atoms. The van der Waals surface area contributed by atoms with Gasteiger partial charge in [0.15, 0.2) is 0 Å². The van der Waals surface area contributed by atoms with Gasteiger partial charge in [0.05, 0.1) is 0 Å². The van der Waals surface area contributed by atoms with Crippen LogP contribution in [0.2, 0.25) is 5.02 Å². The minimum atomic E-state index is 0.194. The Morgan fingerprint density at radius 2 is 1.69 bits per heavy atom. The van der Waals surface area contributed by atoms with Gasteiger partial charge in [0.2, 0.25) is 0 Å². The predicted octanol–water partition coefficient (Wildman–Crippen LogP) is 4.26. The summed E-state index contributed by atoms with van der Waals surface area (Å²) < 4.78 is 0. The summed E-state index contributed by atoms with van der Waals surface area (Å²) in [5, 5.41) is 4.25. The molecule has 0 fully saturated rings. The molecule has 0 heterocycles. The molecule has 1 nitrogen and oxygen atoms in total. The quantitative estimate of drug-likeness (QED) is 0.813. The van der Waals surface area contributed by atoms with Crippen LogP contribution in [0.1, 0.15) is 43.5 Å². The number of nitrogens with one attached hydrogen (secondary N) is 1. The topological polar surface area (TPSA) is 12.0 Å². The van der Waals surface area contributed by atoms with Crippen LogP contribution in [0.15, 0.2) is 12.1 Å². The molecule has 0 amide bonds. The fraction of sp³-hybridized carbons (Fsp3) is 0.571. The van der Waals surface area contributed by atoms with Gasteiger partial charge < -0.3 is 5.32 Å². The van der Waals surface area contributed by atoms with Crippen LogP contribution in [0.25, 0.3) is 0 Å². The molecular formula is C14H22ClN. The number of halogens is 1. The minimum Gasteiger partial charge on any atom is -0.313 e. The summed E-state index contributed by atoms with van der Waals surface area (Å²) in [5.41, 5.74) is 3.94. The monoisotopic (exact) mass is 239 g/mol. The van der Waals surface area contributed by atoms with Crippen molar-refractivity contribution in [2.24, 2.45) is 5.41 Å². The van der Waals surface area contributed by atoms with Crippen LogP contribution in [-0.2, 0) is 0 Å². The Labute approximate surface area is 104 Å². The molecule has 1 aromatic rings. The van der Waals surface area contributed by atoms with E-state index in [1.807, 2.05) is 7.05 Å². The molecule has 0 saturated carbocycles. The van der Waals surface area contributed by atoms with E-state index in [0.717, 1.165) is 10.6 Å². The first kappa shape index (κ1) is 13.5. The second-order valence-electron chi connectivity index (χ2n) is 5.55. The van der Waals surface area contributed by atoms with Gasteiger partial charge in [-0.2, -0.15) is 0 Å². The lowest BCUT2D eigenvalue weighted by Gasteiger charge is -2.32. The Bertz CT molecular complexity index is 377. The largest absolute Gasteiger partial charge is 0.313 e. The zero-order valence-electron chi connectivity index (χ0n) is 11.1. The number of aryl methyl sites for hydroxylation is 2. The average Bonchev–Trinajstić information content (AvgIpc) is 2.12. The van der Waals surface area contributed by atoms with E-state index in [1.165, 1.54) is 11.1 Å². The highest BCUT2D eigenvalue weighted by atomic mass is 35.5. The fourth-order valence-corrected chi connectivity index (χ4v) is 2.39. The third-order valence-corrected chi connectivity index (χ3v) is 3.42. The zero-order valence-corrected chi connectivity index (χ0v) is 11.9. The lowest BCUT2D eigenvalue weighted by molar-refractivity contribution is 0.286. The molecule has 0 aliphatic rings. The lowest BCUT2D eigenvalue weighted by Crippen LogP contribution is -2.30. The summed E-state index contributed by atoms with van der Waals surface area (Å²) >= 11 is 6.13. The van der Waals surface area contributed by atoms with E-state index >= 15 is 0 Å². The van der Waals surface area contributed by atoms with Gasteiger partial charge in [0, 0.05) is 11.1 Å². The number of rotatable bonds is 2. The first-order chi connectivity index (χ1) is 7.27. The molecule has 0 aliphatic heterocycles. The van der Waals surface area contributed by atoms with Crippen LogP contribution in [0.4, 0.5) is 0 Å². The van der Waals surface area contributed by atoms with Crippen LogP contribution in [-0.4, -0.2) is 7.05 Å². The highest BCUT2D eigenvalue weighted by molar-refractivity contribution is 6.31. The van der Waals surface area contributed by atoms with Gasteiger partial charge in [0.25, 0.3) is 0 Å². The maximum absolute atomic E-state index is 6.13.